The molecule has 8 nitrogen and oxygen atoms in total. The number of rotatable bonds is 53. The molecule has 0 fully saturated rings. The van der Waals surface area contributed by atoms with Crippen molar-refractivity contribution in [3.05, 3.63) is 60.8 Å². The van der Waals surface area contributed by atoms with Gasteiger partial charge in [0.2, 0.25) is 0 Å². The maximum absolute atomic E-state index is 12.8. The Kier molecular flexibility index (Phi) is 50.1. The van der Waals surface area contributed by atoms with Gasteiger partial charge in [0.25, 0.3) is 0 Å². The molecule has 0 rings (SSSR count). The SMILES string of the molecule is CC/C=C/C/C=C/C/C=C/CCCCCCCCCCCCCCCC(=O)OC(COCCC(C(=O)O)[N+](C)(C)C)COC(=O)CCCCCCCCC/C=C/C/C=C/CCCCCCCCCCC. The Morgan fingerprint density at radius 1 is 0.443 bits per heavy atom. The van der Waals surface area contributed by atoms with Crippen molar-refractivity contribution in [3.8, 4) is 0 Å². The van der Waals surface area contributed by atoms with Crippen molar-refractivity contribution in [2.45, 2.75) is 276 Å². The average molecular weight is 984 g/mol. The predicted octanol–water partition coefficient (Wildman–Crippen LogP) is 17.7. The van der Waals surface area contributed by atoms with Crippen LogP contribution in [0.1, 0.15) is 264 Å². The number of allylic oxidation sites excluding steroid dienone is 10. The highest BCUT2D eigenvalue weighted by atomic mass is 16.6. The maximum Gasteiger partial charge on any atom is 0.362 e. The number of quaternary nitrogens is 1. The van der Waals surface area contributed by atoms with E-state index in [0.29, 0.717) is 19.3 Å². The fourth-order valence-corrected chi connectivity index (χ4v) is 8.67. The number of hydrogen-bond acceptors (Lipinski definition) is 6. The monoisotopic (exact) mass is 983 g/mol. The summed E-state index contributed by atoms with van der Waals surface area (Å²) in [5, 5.41) is 9.68. The molecule has 0 saturated carbocycles. The summed E-state index contributed by atoms with van der Waals surface area (Å²) in [5.41, 5.74) is 0. The molecular formula is C62H112NO7+. The highest BCUT2D eigenvalue weighted by Gasteiger charge is 2.31. The van der Waals surface area contributed by atoms with Gasteiger partial charge in [-0.15, -0.1) is 0 Å². The molecule has 406 valence electrons. The highest BCUT2D eigenvalue weighted by molar-refractivity contribution is 5.72. The van der Waals surface area contributed by atoms with Crippen LogP contribution in [-0.2, 0) is 28.6 Å². The van der Waals surface area contributed by atoms with E-state index in [0.717, 1.165) is 70.6 Å². The summed E-state index contributed by atoms with van der Waals surface area (Å²) >= 11 is 0. The number of nitrogens with zero attached hydrogens (tertiary/aromatic N) is 1. The van der Waals surface area contributed by atoms with Crippen LogP contribution < -0.4 is 0 Å². The number of hydrogen-bond donors (Lipinski definition) is 1. The van der Waals surface area contributed by atoms with E-state index in [4.69, 9.17) is 14.2 Å². The normalized spacial score (nSPS) is 13.2. The lowest BCUT2D eigenvalue weighted by molar-refractivity contribution is -0.887. The first-order valence-electron chi connectivity index (χ1n) is 29.3. The molecule has 0 saturated heterocycles. The summed E-state index contributed by atoms with van der Waals surface area (Å²) in [5.74, 6) is -1.47. The second kappa shape index (κ2) is 52.4. The predicted molar refractivity (Wildman–Crippen MR) is 298 cm³/mol. The first-order chi connectivity index (χ1) is 34.1. The summed E-state index contributed by atoms with van der Waals surface area (Å²) in [6.07, 6.45) is 67.1. The van der Waals surface area contributed by atoms with Crippen LogP contribution in [0.5, 0.6) is 0 Å². The van der Waals surface area contributed by atoms with Crippen molar-refractivity contribution in [2.75, 3.05) is 41.0 Å². The van der Waals surface area contributed by atoms with Gasteiger partial charge in [0.1, 0.15) is 6.61 Å². The molecule has 0 aromatic heterocycles. The van der Waals surface area contributed by atoms with Crippen molar-refractivity contribution in [1.29, 1.82) is 0 Å². The smallest absolute Gasteiger partial charge is 0.362 e. The van der Waals surface area contributed by atoms with Crippen molar-refractivity contribution >= 4 is 17.9 Å². The summed E-state index contributed by atoms with van der Waals surface area (Å²) in [7, 11) is 5.54. The Morgan fingerprint density at radius 3 is 1.19 bits per heavy atom. The van der Waals surface area contributed by atoms with Crippen molar-refractivity contribution in [2.24, 2.45) is 0 Å². The molecule has 8 heteroatoms. The zero-order valence-electron chi connectivity index (χ0n) is 46.5. The van der Waals surface area contributed by atoms with Gasteiger partial charge in [-0.3, -0.25) is 9.59 Å². The highest BCUT2D eigenvalue weighted by Crippen LogP contribution is 2.16. The molecule has 0 amide bonds. The van der Waals surface area contributed by atoms with Crippen LogP contribution in [0.2, 0.25) is 0 Å². The average Bonchev–Trinajstić information content (AvgIpc) is 3.33. The van der Waals surface area contributed by atoms with Gasteiger partial charge >= 0.3 is 17.9 Å². The topological polar surface area (TPSA) is 99.1 Å². The van der Waals surface area contributed by atoms with Crippen LogP contribution in [0.25, 0.3) is 0 Å². The van der Waals surface area contributed by atoms with Gasteiger partial charge < -0.3 is 23.8 Å². The number of carbonyl (C=O) groups is 3. The van der Waals surface area contributed by atoms with E-state index in [-0.39, 0.29) is 36.2 Å². The van der Waals surface area contributed by atoms with E-state index >= 15 is 0 Å². The van der Waals surface area contributed by atoms with Gasteiger partial charge in [-0.25, -0.2) is 4.79 Å². The van der Waals surface area contributed by atoms with Gasteiger partial charge in [-0.1, -0.05) is 229 Å². The van der Waals surface area contributed by atoms with Gasteiger partial charge in [0.15, 0.2) is 12.1 Å². The van der Waals surface area contributed by atoms with E-state index in [2.05, 4.69) is 74.6 Å². The first kappa shape index (κ1) is 67.0. The molecule has 70 heavy (non-hydrogen) atoms. The number of carboxylic acid groups (broad SMARTS) is 1. The van der Waals surface area contributed by atoms with Crippen LogP contribution in [-0.4, -0.2) is 80.6 Å². The van der Waals surface area contributed by atoms with Crippen LogP contribution in [0.4, 0.5) is 0 Å². The number of likely N-dealkylation sites (N-methyl/N-ethyl adjacent to an activating group) is 1. The van der Waals surface area contributed by atoms with Crippen molar-refractivity contribution < 1.29 is 38.2 Å². The lowest BCUT2D eigenvalue weighted by atomic mass is 10.0. The zero-order valence-corrected chi connectivity index (χ0v) is 46.5. The van der Waals surface area contributed by atoms with E-state index < -0.39 is 18.1 Å². The van der Waals surface area contributed by atoms with E-state index in [1.54, 1.807) is 0 Å². The Bertz CT molecular complexity index is 1330. The molecule has 0 aliphatic heterocycles. The second-order valence-electron chi connectivity index (χ2n) is 20.9. The molecule has 0 aliphatic rings. The molecular weight excluding hydrogens is 871 g/mol. The number of carbonyl (C=O) groups excluding carboxylic acids is 2. The summed E-state index contributed by atoms with van der Waals surface area (Å²) in [6.45, 7) is 4.65. The quantitative estimate of drug-likeness (QED) is 0.0280. The Labute approximate surface area is 432 Å². The van der Waals surface area contributed by atoms with Crippen LogP contribution in [0, 0.1) is 0 Å². The first-order valence-corrected chi connectivity index (χ1v) is 29.3. The third-order valence-corrected chi connectivity index (χ3v) is 13.2. The summed E-state index contributed by atoms with van der Waals surface area (Å²) in [4.78, 5) is 37.3. The fourth-order valence-electron chi connectivity index (χ4n) is 8.67. The molecule has 1 N–H and O–H groups in total. The molecule has 0 aromatic rings. The fraction of sp³-hybridized carbons (Fsp3) is 0.790. The molecule has 0 radical (unpaired) electrons. The van der Waals surface area contributed by atoms with Crippen LogP contribution >= 0.6 is 0 Å². The molecule has 2 unspecified atom stereocenters. The Hall–Kier alpha value is -2.97. The zero-order chi connectivity index (χ0) is 51.3. The molecule has 0 heterocycles. The largest absolute Gasteiger partial charge is 0.477 e. The Balaban J connectivity index is 4.17. The Morgan fingerprint density at radius 2 is 0.800 bits per heavy atom. The van der Waals surface area contributed by atoms with E-state index in [9.17, 15) is 19.5 Å². The van der Waals surface area contributed by atoms with Crippen molar-refractivity contribution in [3.63, 3.8) is 0 Å². The van der Waals surface area contributed by atoms with Gasteiger partial charge in [-0.2, -0.15) is 0 Å². The minimum Gasteiger partial charge on any atom is -0.477 e. The van der Waals surface area contributed by atoms with Gasteiger partial charge in [-0.05, 0) is 77.0 Å². The molecule has 0 aromatic carbocycles. The molecule has 0 bridgehead atoms. The minimum absolute atomic E-state index is 0.0555. The number of aliphatic carboxylic acids is 1. The van der Waals surface area contributed by atoms with Gasteiger partial charge in [0, 0.05) is 19.3 Å². The van der Waals surface area contributed by atoms with Crippen LogP contribution in [0.3, 0.4) is 0 Å². The maximum atomic E-state index is 12.8. The minimum atomic E-state index is -0.875. The van der Waals surface area contributed by atoms with Crippen LogP contribution in [0.15, 0.2) is 60.8 Å². The van der Waals surface area contributed by atoms with E-state index in [1.807, 2.05) is 21.1 Å². The van der Waals surface area contributed by atoms with E-state index in [1.165, 1.54) is 161 Å². The lowest BCUT2D eigenvalue weighted by Crippen LogP contribution is -2.50. The number of carboxylic acids is 1. The molecule has 0 aliphatic carbocycles. The third kappa shape index (κ3) is 50.0. The molecule has 0 spiro atoms. The standard InChI is InChI=1S/C62H111NO7/c1-6-8-10-12-14-16-18-20-22-24-26-28-30-32-34-36-38-40-42-44-46-48-50-52-60(64)69-57-58(56-68-55-54-59(62(66)67)63(3,4)5)70-61(65)53-51-49-47-45-43-41-39-37-35-33-31-29-27-25-23-21-19-17-15-13-11-9-7-2/h9,11,15,17,21,23,26,28,32,34,58-59H,6-8,10,12-14,16,18-20,22,24-25,27,29-31,33,35-57H2,1-5H3/p+1/b11-9+,17-15+,23-21+,28-26+,34-32+. The number of unbranched alkanes of at least 4 members (excludes halogenated alkanes) is 29. The number of ether oxygens (including phenoxy) is 3. The van der Waals surface area contributed by atoms with Crippen molar-refractivity contribution in [1.82, 2.24) is 0 Å². The lowest BCUT2D eigenvalue weighted by Gasteiger charge is -2.31. The third-order valence-electron chi connectivity index (χ3n) is 13.2. The summed E-state index contributed by atoms with van der Waals surface area (Å²) in [6, 6.07) is -0.619. The molecule has 2 atom stereocenters. The van der Waals surface area contributed by atoms with Gasteiger partial charge in [0.05, 0.1) is 34.4 Å². The second-order valence-corrected chi connectivity index (χ2v) is 20.9. The summed E-state index contributed by atoms with van der Waals surface area (Å²) < 4.78 is 17.4. The number of esters is 2.